The second-order valence-electron chi connectivity index (χ2n) is 3.41. The summed E-state index contributed by atoms with van der Waals surface area (Å²) in [6, 6.07) is 2.95. The minimum absolute atomic E-state index is 0.0161. The van der Waals surface area contributed by atoms with Crippen molar-refractivity contribution in [3.63, 3.8) is 0 Å². The van der Waals surface area contributed by atoms with Gasteiger partial charge in [-0.1, -0.05) is 0 Å². The van der Waals surface area contributed by atoms with Crippen LogP contribution in [-0.4, -0.2) is 28.8 Å². The van der Waals surface area contributed by atoms with E-state index in [4.69, 9.17) is 14.6 Å². The zero-order chi connectivity index (χ0) is 12.1. The summed E-state index contributed by atoms with van der Waals surface area (Å²) in [7, 11) is 0. The van der Waals surface area contributed by atoms with E-state index in [1.54, 1.807) is 6.92 Å². The zero-order valence-corrected chi connectivity index (χ0v) is 9.56. The van der Waals surface area contributed by atoms with Crippen LogP contribution in [0.4, 0.5) is 0 Å². The number of aromatic carboxylic acids is 1. The number of carbonyl (C=O) groups is 1. The minimum Gasteiger partial charge on any atom is -0.477 e. The molecule has 5 nitrogen and oxygen atoms in total. The van der Waals surface area contributed by atoms with Gasteiger partial charge in [0.05, 0.1) is 12.7 Å². The fourth-order valence-corrected chi connectivity index (χ4v) is 1.14. The van der Waals surface area contributed by atoms with E-state index >= 15 is 0 Å². The van der Waals surface area contributed by atoms with E-state index in [2.05, 4.69) is 4.98 Å². The van der Waals surface area contributed by atoms with Crippen LogP contribution >= 0.6 is 0 Å². The first-order valence-electron chi connectivity index (χ1n) is 5.08. The van der Waals surface area contributed by atoms with E-state index < -0.39 is 5.97 Å². The summed E-state index contributed by atoms with van der Waals surface area (Å²) >= 11 is 0. The number of hydrogen-bond acceptors (Lipinski definition) is 4. The lowest BCUT2D eigenvalue weighted by Gasteiger charge is -2.11. The number of hydrogen-bond donors (Lipinski definition) is 1. The fourth-order valence-electron chi connectivity index (χ4n) is 1.14. The van der Waals surface area contributed by atoms with E-state index in [0.717, 1.165) is 0 Å². The highest BCUT2D eigenvalue weighted by Crippen LogP contribution is 2.20. The van der Waals surface area contributed by atoms with E-state index in [-0.39, 0.29) is 17.5 Å². The summed E-state index contributed by atoms with van der Waals surface area (Å²) < 4.78 is 10.5. The van der Waals surface area contributed by atoms with Crippen LogP contribution < -0.4 is 9.47 Å². The van der Waals surface area contributed by atoms with Crippen LogP contribution in [0.1, 0.15) is 31.1 Å². The Morgan fingerprint density at radius 3 is 2.69 bits per heavy atom. The summed E-state index contributed by atoms with van der Waals surface area (Å²) in [6.45, 7) is 5.86. The van der Waals surface area contributed by atoms with Gasteiger partial charge in [-0.3, -0.25) is 0 Å². The first-order valence-corrected chi connectivity index (χ1v) is 5.08. The van der Waals surface area contributed by atoms with Crippen LogP contribution in [0.3, 0.4) is 0 Å². The molecule has 88 valence electrons. The third-order valence-corrected chi connectivity index (χ3v) is 1.70. The van der Waals surface area contributed by atoms with Crippen molar-refractivity contribution in [2.75, 3.05) is 6.61 Å². The third kappa shape index (κ3) is 3.12. The Balaban J connectivity index is 3.02. The molecule has 0 aliphatic rings. The molecule has 5 heteroatoms. The molecule has 1 aromatic heterocycles. The maximum atomic E-state index is 10.9. The largest absolute Gasteiger partial charge is 0.477 e. The molecular weight excluding hydrogens is 210 g/mol. The average molecular weight is 225 g/mol. The molecule has 0 saturated carbocycles. The maximum absolute atomic E-state index is 10.9. The topological polar surface area (TPSA) is 68.7 Å². The van der Waals surface area contributed by atoms with Crippen LogP contribution in [0.5, 0.6) is 11.8 Å². The molecule has 0 aromatic carbocycles. The number of pyridine rings is 1. The summed E-state index contributed by atoms with van der Waals surface area (Å²) in [4.78, 5) is 14.9. The molecule has 0 bridgehead atoms. The quantitative estimate of drug-likeness (QED) is 0.829. The Bertz CT molecular complexity index is 376. The second-order valence-corrected chi connectivity index (χ2v) is 3.41. The Morgan fingerprint density at radius 1 is 1.50 bits per heavy atom. The molecule has 1 rings (SSSR count). The monoisotopic (exact) mass is 225 g/mol. The molecule has 1 N–H and O–H groups in total. The number of aromatic nitrogens is 1. The number of carboxylic acid groups (broad SMARTS) is 1. The molecule has 0 aliphatic carbocycles. The van der Waals surface area contributed by atoms with Crippen molar-refractivity contribution in [2.45, 2.75) is 26.9 Å². The number of carboxylic acids is 1. The predicted octanol–water partition coefficient (Wildman–Crippen LogP) is 1.97. The van der Waals surface area contributed by atoms with Crippen molar-refractivity contribution < 1.29 is 19.4 Å². The fraction of sp³-hybridized carbons (Fsp3) is 0.455. The molecule has 1 heterocycles. The van der Waals surface area contributed by atoms with E-state index in [9.17, 15) is 4.79 Å². The zero-order valence-electron chi connectivity index (χ0n) is 9.56. The molecule has 0 saturated heterocycles. The van der Waals surface area contributed by atoms with Crippen LogP contribution in [0.25, 0.3) is 0 Å². The molecule has 0 radical (unpaired) electrons. The van der Waals surface area contributed by atoms with Crippen LogP contribution in [-0.2, 0) is 0 Å². The van der Waals surface area contributed by atoms with Gasteiger partial charge in [-0.15, -0.1) is 0 Å². The van der Waals surface area contributed by atoms with Gasteiger partial charge in [-0.25, -0.2) is 4.79 Å². The lowest BCUT2D eigenvalue weighted by atomic mass is 10.3. The Kier molecular flexibility index (Phi) is 4.10. The Morgan fingerprint density at radius 2 is 2.19 bits per heavy atom. The van der Waals surface area contributed by atoms with Crippen molar-refractivity contribution in [1.29, 1.82) is 0 Å². The highest BCUT2D eigenvalue weighted by Gasteiger charge is 2.14. The normalized spacial score (nSPS) is 10.2. The van der Waals surface area contributed by atoms with Crippen molar-refractivity contribution in [3.8, 4) is 11.8 Å². The number of ether oxygens (including phenoxy) is 2. The van der Waals surface area contributed by atoms with Gasteiger partial charge in [0.2, 0.25) is 11.8 Å². The van der Waals surface area contributed by atoms with Gasteiger partial charge in [0, 0.05) is 6.07 Å². The van der Waals surface area contributed by atoms with Crippen molar-refractivity contribution in [1.82, 2.24) is 4.98 Å². The van der Waals surface area contributed by atoms with E-state index in [0.29, 0.717) is 12.5 Å². The van der Waals surface area contributed by atoms with Gasteiger partial charge >= 0.3 is 5.97 Å². The van der Waals surface area contributed by atoms with Gasteiger partial charge in [0.1, 0.15) is 5.56 Å². The second kappa shape index (κ2) is 5.34. The smallest absolute Gasteiger partial charge is 0.341 e. The molecule has 0 aliphatic heterocycles. The van der Waals surface area contributed by atoms with Gasteiger partial charge in [-0.2, -0.15) is 4.98 Å². The van der Waals surface area contributed by atoms with Crippen LogP contribution in [0, 0.1) is 0 Å². The molecule has 0 amide bonds. The first-order chi connectivity index (χ1) is 7.54. The lowest BCUT2D eigenvalue weighted by molar-refractivity contribution is 0.0691. The predicted molar refractivity (Wildman–Crippen MR) is 58.1 cm³/mol. The van der Waals surface area contributed by atoms with Gasteiger partial charge in [0.15, 0.2) is 0 Å². The summed E-state index contributed by atoms with van der Waals surface area (Å²) in [6.07, 6.45) is -0.0161. The van der Waals surface area contributed by atoms with Crippen molar-refractivity contribution in [2.24, 2.45) is 0 Å². The Labute approximate surface area is 94.0 Å². The third-order valence-electron chi connectivity index (χ3n) is 1.70. The van der Waals surface area contributed by atoms with Gasteiger partial charge in [0.25, 0.3) is 0 Å². The molecule has 1 aromatic rings. The van der Waals surface area contributed by atoms with E-state index in [1.165, 1.54) is 12.1 Å². The van der Waals surface area contributed by atoms with Crippen molar-refractivity contribution >= 4 is 5.97 Å². The number of nitrogens with zero attached hydrogens (tertiary/aromatic N) is 1. The van der Waals surface area contributed by atoms with E-state index in [1.807, 2.05) is 13.8 Å². The van der Waals surface area contributed by atoms with Crippen LogP contribution in [0.2, 0.25) is 0 Å². The maximum Gasteiger partial charge on any atom is 0.341 e. The summed E-state index contributed by atoms with van der Waals surface area (Å²) in [5.74, 6) is -0.608. The Hall–Kier alpha value is -1.78. The highest BCUT2D eigenvalue weighted by molar-refractivity contribution is 5.90. The summed E-state index contributed by atoms with van der Waals surface area (Å²) in [5, 5.41) is 8.90. The standard InChI is InChI=1S/C11H15NO4/c1-4-15-10-8(11(13)14)5-6-9(12-10)16-7(2)3/h5-7H,4H2,1-3H3,(H,13,14). The number of rotatable bonds is 5. The molecule has 0 fully saturated rings. The SMILES string of the molecule is CCOc1nc(OC(C)C)ccc1C(=O)O. The molecule has 0 unspecified atom stereocenters. The van der Waals surface area contributed by atoms with Gasteiger partial charge < -0.3 is 14.6 Å². The molecular formula is C11H15NO4. The minimum atomic E-state index is -1.06. The highest BCUT2D eigenvalue weighted by atomic mass is 16.5. The van der Waals surface area contributed by atoms with Crippen LogP contribution in [0.15, 0.2) is 12.1 Å². The molecule has 16 heavy (non-hydrogen) atoms. The lowest BCUT2D eigenvalue weighted by Crippen LogP contribution is -2.10. The molecule has 0 atom stereocenters. The first kappa shape index (κ1) is 12.3. The molecule has 0 spiro atoms. The van der Waals surface area contributed by atoms with Gasteiger partial charge in [-0.05, 0) is 26.8 Å². The average Bonchev–Trinajstić information content (AvgIpc) is 2.17. The summed E-state index contributed by atoms with van der Waals surface area (Å²) in [5.41, 5.74) is 0.0398. The van der Waals surface area contributed by atoms with Crippen molar-refractivity contribution in [3.05, 3.63) is 17.7 Å².